The number of rotatable bonds is 12. The van der Waals surface area contributed by atoms with Gasteiger partial charge in [0.05, 0.1) is 9.92 Å². The van der Waals surface area contributed by atoms with Gasteiger partial charge in [-0.05, 0) is 56.4 Å². The van der Waals surface area contributed by atoms with E-state index in [-0.39, 0.29) is 28.6 Å². The number of hydrogen-bond acceptors (Lipinski definition) is 6. The molecule has 0 saturated heterocycles. The van der Waals surface area contributed by atoms with Crippen molar-refractivity contribution in [3.63, 3.8) is 0 Å². The van der Waals surface area contributed by atoms with Crippen LogP contribution in [-0.2, 0) is 21.2 Å². The minimum absolute atomic E-state index is 0.144. The number of hydrogen-bond donors (Lipinski definition) is 1. The summed E-state index contributed by atoms with van der Waals surface area (Å²) in [5, 5.41) is 0.999. The standard InChI is InChI=1S/C26H30ClNO6S/c1-3-4-8-19-15-26(30)33-23-17-24(22(27)16-21(19)23)34-25(29)9-6-5-7-14-28-35(31,32)20-12-10-18(2)11-13-20/h10-13,15-17,28H,3-9,14H2,1-2H3. The van der Waals surface area contributed by atoms with Crippen LogP contribution >= 0.6 is 11.6 Å². The fourth-order valence-corrected chi connectivity index (χ4v) is 4.91. The lowest BCUT2D eigenvalue weighted by Gasteiger charge is -2.10. The van der Waals surface area contributed by atoms with Crippen molar-refractivity contribution in [3.05, 3.63) is 69.0 Å². The molecule has 1 heterocycles. The van der Waals surface area contributed by atoms with Crippen molar-refractivity contribution >= 4 is 38.6 Å². The van der Waals surface area contributed by atoms with E-state index < -0.39 is 21.6 Å². The summed E-state index contributed by atoms with van der Waals surface area (Å²) in [6, 6.07) is 11.3. The van der Waals surface area contributed by atoms with Crippen molar-refractivity contribution in [1.29, 1.82) is 0 Å². The number of carbonyl (C=O) groups excluding carboxylic acids is 1. The Morgan fingerprint density at radius 2 is 1.80 bits per heavy atom. The van der Waals surface area contributed by atoms with Crippen LogP contribution in [0.25, 0.3) is 11.0 Å². The highest BCUT2D eigenvalue weighted by atomic mass is 35.5. The summed E-state index contributed by atoms with van der Waals surface area (Å²) in [5.74, 6) is -0.318. The van der Waals surface area contributed by atoms with Gasteiger partial charge >= 0.3 is 11.6 Å². The van der Waals surface area contributed by atoms with Gasteiger partial charge in [-0.15, -0.1) is 0 Å². The summed E-state index contributed by atoms with van der Waals surface area (Å²) in [7, 11) is -3.54. The summed E-state index contributed by atoms with van der Waals surface area (Å²) >= 11 is 6.34. The van der Waals surface area contributed by atoms with Crippen LogP contribution in [0.5, 0.6) is 5.75 Å². The van der Waals surface area contributed by atoms with E-state index in [1.54, 1.807) is 30.3 Å². The van der Waals surface area contributed by atoms with E-state index in [0.717, 1.165) is 35.8 Å². The summed E-state index contributed by atoms with van der Waals surface area (Å²) in [6.07, 6.45) is 4.57. The average Bonchev–Trinajstić information content (AvgIpc) is 2.81. The Hall–Kier alpha value is -2.68. The molecule has 1 N–H and O–H groups in total. The quantitative estimate of drug-likeness (QED) is 0.146. The highest BCUT2D eigenvalue weighted by Gasteiger charge is 2.15. The van der Waals surface area contributed by atoms with E-state index in [4.69, 9.17) is 20.8 Å². The van der Waals surface area contributed by atoms with E-state index >= 15 is 0 Å². The zero-order chi connectivity index (χ0) is 25.4. The smallest absolute Gasteiger partial charge is 0.336 e. The number of ether oxygens (including phenoxy) is 1. The molecule has 35 heavy (non-hydrogen) atoms. The molecular weight excluding hydrogens is 490 g/mol. The second kappa shape index (κ2) is 12.3. The lowest BCUT2D eigenvalue weighted by Crippen LogP contribution is -2.24. The number of unbranched alkanes of at least 4 members (excludes halogenated alkanes) is 3. The maximum atomic E-state index is 12.3. The predicted molar refractivity (Wildman–Crippen MR) is 137 cm³/mol. The third kappa shape index (κ3) is 7.65. The first kappa shape index (κ1) is 26.9. The Kier molecular flexibility index (Phi) is 9.48. The van der Waals surface area contributed by atoms with Crippen LogP contribution in [-0.4, -0.2) is 20.9 Å². The van der Waals surface area contributed by atoms with Gasteiger partial charge in [0.25, 0.3) is 0 Å². The summed E-state index contributed by atoms with van der Waals surface area (Å²) in [5.41, 5.74) is 1.72. The Morgan fingerprint density at radius 1 is 1.06 bits per heavy atom. The molecule has 0 aliphatic carbocycles. The lowest BCUT2D eigenvalue weighted by molar-refractivity contribution is -0.134. The molecule has 0 atom stereocenters. The van der Waals surface area contributed by atoms with E-state index in [0.29, 0.717) is 24.8 Å². The van der Waals surface area contributed by atoms with Crippen LogP contribution in [0.2, 0.25) is 5.02 Å². The molecule has 0 unspecified atom stereocenters. The van der Waals surface area contributed by atoms with Gasteiger partial charge in [0.2, 0.25) is 10.0 Å². The van der Waals surface area contributed by atoms with Gasteiger partial charge in [0, 0.05) is 30.5 Å². The van der Waals surface area contributed by atoms with Gasteiger partial charge in [0.1, 0.15) is 5.58 Å². The topological polar surface area (TPSA) is 103 Å². The molecule has 0 aliphatic rings. The molecule has 0 radical (unpaired) electrons. The molecule has 3 aromatic rings. The van der Waals surface area contributed by atoms with Crippen molar-refractivity contribution in [2.24, 2.45) is 0 Å². The second-order valence-corrected chi connectivity index (χ2v) is 10.6. The van der Waals surface area contributed by atoms with Gasteiger partial charge in [-0.3, -0.25) is 4.79 Å². The van der Waals surface area contributed by atoms with Gasteiger partial charge in [-0.2, -0.15) is 0 Å². The van der Waals surface area contributed by atoms with E-state index in [1.165, 1.54) is 12.1 Å². The van der Waals surface area contributed by atoms with Gasteiger partial charge in [-0.1, -0.05) is 49.1 Å². The third-order valence-electron chi connectivity index (χ3n) is 5.59. The molecule has 0 spiro atoms. The SMILES string of the molecule is CCCCc1cc(=O)oc2cc(OC(=O)CCCCCNS(=O)(=O)c3ccc(C)cc3)c(Cl)cc12. The summed E-state index contributed by atoms with van der Waals surface area (Å²) in [6.45, 7) is 4.24. The normalized spacial score (nSPS) is 11.6. The van der Waals surface area contributed by atoms with Crippen LogP contribution < -0.4 is 15.1 Å². The Bertz CT molecular complexity index is 1330. The van der Waals surface area contributed by atoms with E-state index in [1.807, 2.05) is 6.92 Å². The minimum atomic E-state index is -3.54. The maximum absolute atomic E-state index is 12.3. The van der Waals surface area contributed by atoms with E-state index in [9.17, 15) is 18.0 Å². The fourth-order valence-electron chi connectivity index (χ4n) is 3.63. The second-order valence-electron chi connectivity index (χ2n) is 8.47. The predicted octanol–water partition coefficient (Wildman–Crippen LogP) is 5.54. The van der Waals surface area contributed by atoms with Gasteiger partial charge in [-0.25, -0.2) is 17.9 Å². The monoisotopic (exact) mass is 519 g/mol. The molecule has 0 amide bonds. The summed E-state index contributed by atoms with van der Waals surface area (Å²) in [4.78, 5) is 24.4. The number of carbonyl (C=O) groups is 1. The number of benzene rings is 2. The molecule has 7 nitrogen and oxygen atoms in total. The fraction of sp³-hybridized carbons (Fsp3) is 0.385. The first-order chi connectivity index (χ1) is 16.7. The van der Waals surface area contributed by atoms with Gasteiger partial charge in [0.15, 0.2) is 5.75 Å². The highest BCUT2D eigenvalue weighted by molar-refractivity contribution is 7.89. The van der Waals surface area contributed by atoms with Crippen LogP contribution in [0.3, 0.4) is 0 Å². The number of sulfonamides is 1. The Labute approximate surface area is 210 Å². The Balaban J connectivity index is 1.49. The molecule has 3 rings (SSSR count). The summed E-state index contributed by atoms with van der Waals surface area (Å²) < 4.78 is 37.8. The Morgan fingerprint density at radius 3 is 2.51 bits per heavy atom. The van der Waals surface area contributed by atoms with Crippen LogP contribution in [0.15, 0.2) is 56.6 Å². The van der Waals surface area contributed by atoms with E-state index in [2.05, 4.69) is 11.6 Å². The minimum Gasteiger partial charge on any atom is -0.425 e. The van der Waals surface area contributed by atoms with Crippen molar-refractivity contribution < 1.29 is 22.4 Å². The zero-order valence-electron chi connectivity index (χ0n) is 19.9. The number of halogens is 1. The van der Waals surface area contributed by atoms with Crippen molar-refractivity contribution in [2.45, 2.75) is 63.7 Å². The number of nitrogens with one attached hydrogen (secondary N) is 1. The first-order valence-electron chi connectivity index (χ1n) is 11.7. The molecule has 0 aliphatic heterocycles. The molecule has 1 aromatic heterocycles. The van der Waals surface area contributed by atoms with Crippen molar-refractivity contribution in [1.82, 2.24) is 4.72 Å². The van der Waals surface area contributed by atoms with Crippen molar-refractivity contribution in [3.8, 4) is 5.75 Å². The molecule has 188 valence electrons. The number of aryl methyl sites for hydroxylation is 2. The lowest BCUT2D eigenvalue weighted by atomic mass is 10.0. The van der Waals surface area contributed by atoms with Gasteiger partial charge < -0.3 is 9.15 Å². The van der Waals surface area contributed by atoms with Crippen LogP contribution in [0.4, 0.5) is 0 Å². The zero-order valence-corrected chi connectivity index (χ0v) is 21.5. The third-order valence-corrected chi connectivity index (χ3v) is 7.36. The largest absolute Gasteiger partial charge is 0.425 e. The molecular formula is C26H30ClNO6S. The van der Waals surface area contributed by atoms with Crippen LogP contribution in [0, 0.1) is 6.92 Å². The molecule has 0 fully saturated rings. The highest BCUT2D eigenvalue weighted by Crippen LogP contribution is 2.32. The molecule has 0 bridgehead atoms. The maximum Gasteiger partial charge on any atom is 0.336 e. The molecule has 0 saturated carbocycles. The van der Waals surface area contributed by atoms with Crippen LogP contribution in [0.1, 0.15) is 56.6 Å². The molecule has 9 heteroatoms. The number of fused-ring (bicyclic) bond motifs is 1. The first-order valence-corrected chi connectivity index (χ1v) is 13.6. The molecule has 2 aromatic carbocycles. The van der Waals surface area contributed by atoms with Crippen molar-refractivity contribution in [2.75, 3.05) is 6.54 Å². The average molecular weight is 520 g/mol. The number of esters is 1.